The zero-order valence-electron chi connectivity index (χ0n) is 16.6. The van der Waals surface area contributed by atoms with E-state index < -0.39 is 0 Å². The van der Waals surface area contributed by atoms with E-state index in [1.165, 1.54) is 0 Å². The Bertz CT molecular complexity index is 812. The number of piperidine rings is 1. The minimum Gasteiger partial charge on any atom is -0.370 e. The molecule has 28 heavy (non-hydrogen) atoms. The molecule has 150 valence electrons. The van der Waals surface area contributed by atoms with Crippen LogP contribution in [-0.2, 0) is 11.3 Å². The lowest BCUT2D eigenvalue weighted by Crippen LogP contribution is -2.47. The molecule has 1 aliphatic rings. The molecular weight excluding hydrogens is 354 g/mol. The predicted molar refractivity (Wildman–Crippen MR) is 109 cm³/mol. The van der Waals surface area contributed by atoms with Gasteiger partial charge in [0, 0.05) is 44.6 Å². The Hall–Kier alpha value is -2.90. The first-order valence-electron chi connectivity index (χ1n) is 9.83. The summed E-state index contributed by atoms with van der Waals surface area (Å²) in [5, 5.41) is 3.36. The van der Waals surface area contributed by atoms with Gasteiger partial charge in [-0.25, -0.2) is 15.0 Å². The Morgan fingerprint density at radius 2 is 2.25 bits per heavy atom. The van der Waals surface area contributed by atoms with Crippen molar-refractivity contribution < 1.29 is 4.79 Å². The summed E-state index contributed by atoms with van der Waals surface area (Å²) in [4.78, 5) is 27.0. The number of aromatic nitrogens is 3. The SMILES string of the molecule is CCNC(=NCc1ccc(-n2ccnc2C)nc1)N1CCCC(CC(N)=O)C1. The zero-order valence-corrected chi connectivity index (χ0v) is 16.6. The number of amides is 1. The Balaban J connectivity index is 1.67. The van der Waals surface area contributed by atoms with E-state index in [9.17, 15) is 4.79 Å². The molecule has 2 aromatic rings. The second-order valence-electron chi connectivity index (χ2n) is 7.16. The largest absolute Gasteiger partial charge is 0.370 e. The molecule has 3 rings (SSSR count). The van der Waals surface area contributed by atoms with E-state index >= 15 is 0 Å². The first kappa shape index (κ1) is 19.9. The summed E-state index contributed by atoms with van der Waals surface area (Å²) in [5.74, 6) is 2.71. The highest BCUT2D eigenvalue weighted by Gasteiger charge is 2.23. The van der Waals surface area contributed by atoms with Crippen molar-refractivity contribution in [3.8, 4) is 5.82 Å². The topological polar surface area (TPSA) is 101 Å². The summed E-state index contributed by atoms with van der Waals surface area (Å²) in [5.41, 5.74) is 6.42. The number of hydrogen-bond donors (Lipinski definition) is 2. The molecular formula is C20H29N7O. The summed E-state index contributed by atoms with van der Waals surface area (Å²) >= 11 is 0. The summed E-state index contributed by atoms with van der Waals surface area (Å²) < 4.78 is 1.95. The highest BCUT2D eigenvalue weighted by atomic mass is 16.1. The van der Waals surface area contributed by atoms with Gasteiger partial charge in [0.15, 0.2) is 5.96 Å². The van der Waals surface area contributed by atoms with Crippen molar-refractivity contribution in [3.05, 3.63) is 42.1 Å². The quantitative estimate of drug-likeness (QED) is 0.583. The van der Waals surface area contributed by atoms with E-state index in [4.69, 9.17) is 10.7 Å². The molecule has 0 spiro atoms. The fraction of sp³-hybridized carbons (Fsp3) is 0.500. The number of carbonyl (C=O) groups excluding carboxylic acids is 1. The molecule has 1 saturated heterocycles. The van der Waals surface area contributed by atoms with E-state index in [1.54, 1.807) is 6.20 Å². The third-order valence-electron chi connectivity index (χ3n) is 4.94. The number of guanidine groups is 1. The van der Waals surface area contributed by atoms with Crippen LogP contribution in [0.4, 0.5) is 0 Å². The van der Waals surface area contributed by atoms with E-state index in [1.807, 2.05) is 36.0 Å². The molecule has 8 nitrogen and oxygen atoms in total. The molecule has 1 atom stereocenters. The average Bonchev–Trinajstić information content (AvgIpc) is 3.11. The molecule has 8 heteroatoms. The minimum atomic E-state index is -0.229. The van der Waals surface area contributed by atoms with Gasteiger partial charge < -0.3 is 16.0 Å². The van der Waals surface area contributed by atoms with Crippen LogP contribution in [0.2, 0.25) is 0 Å². The average molecular weight is 384 g/mol. The zero-order chi connectivity index (χ0) is 19.9. The number of imidazole rings is 1. The Kier molecular flexibility index (Phi) is 6.62. The maximum Gasteiger partial charge on any atom is 0.217 e. The maximum atomic E-state index is 11.3. The molecule has 1 aliphatic heterocycles. The number of nitrogens with two attached hydrogens (primary N) is 1. The number of nitrogens with zero attached hydrogens (tertiary/aromatic N) is 5. The monoisotopic (exact) mass is 383 g/mol. The third kappa shape index (κ3) is 5.09. The number of hydrogen-bond acceptors (Lipinski definition) is 4. The van der Waals surface area contributed by atoms with Gasteiger partial charge in [-0.1, -0.05) is 6.07 Å². The van der Waals surface area contributed by atoms with Gasteiger partial charge in [-0.05, 0) is 44.2 Å². The number of primary amides is 1. The van der Waals surface area contributed by atoms with E-state index in [-0.39, 0.29) is 5.91 Å². The van der Waals surface area contributed by atoms with Crippen LogP contribution in [0.1, 0.15) is 37.6 Å². The smallest absolute Gasteiger partial charge is 0.217 e. The van der Waals surface area contributed by atoms with Crippen LogP contribution in [0.5, 0.6) is 0 Å². The van der Waals surface area contributed by atoms with Gasteiger partial charge in [-0.2, -0.15) is 0 Å². The van der Waals surface area contributed by atoms with Gasteiger partial charge in [-0.15, -0.1) is 0 Å². The highest BCUT2D eigenvalue weighted by molar-refractivity contribution is 5.80. The van der Waals surface area contributed by atoms with Crippen molar-refractivity contribution in [1.82, 2.24) is 24.8 Å². The molecule has 1 unspecified atom stereocenters. The van der Waals surface area contributed by atoms with E-state index in [0.29, 0.717) is 18.9 Å². The van der Waals surface area contributed by atoms with Gasteiger partial charge in [-0.3, -0.25) is 9.36 Å². The summed E-state index contributed by atoms with van der Waals surface area (Å²) in [6.07, 6.45) is 8.04. The number of rotatable bonds is 6. The number of pyridine rings is 1. The molecule has 0 aliphatic carbocycles. The van der Waals surface area contributed by atoms with Crippen molar-refractivity contribution in [2.45, 2.75) is 39.7 Å². The molecule has 3 N–H and O–H groups in total. The molecule has 3 heterocycles. The number of likely N-dealkylation sites (tertiary alicyclic amines) is 1. The van der Waals surface area contributed by atoms with Crippen LogP contribution < -0.4 is 11.1 Å². The van der Waals surface area contributed by atoms with Gasteiger partial charge in [0.25, 0.3) is 0 Å². The summed E-state index contributed by atoms with van der Waals surface area (Å²) in [6, 6.07) is 4.02. The van der Waals surface area contributed by atoms with Crippen LogP contribution in [0.15, 0.2) is 35.7 Å². The normalized spacial score (nSPS) is 17.6. The Morgan fingerprint density at radius 3 is 2.89 bits per heavy atom. The minimum absolute atomic E-state index is 0.229. The third-order valence-corrected chi connectivity index (χ3v) is 4.94. The van der Waals surface area contributed by atoms with Crippen molar-refractivity contribution in [2.75, 3.05) is 19.6 Å². The molecule has 0 aromatic carbocycles. The lowest BCUT2D eigenvalue weighted by atomic mass is 9.95. The Morgan fingerprint density at radius 1 is 1.39 bits per heavy atom. The molecule has 1 amide bonds. The number of nitrogens with one attached hydrogen (secondary N) is 1. The van der Waals surface area contributed by atoms with E-state index in [0.717, 1.165) is 55.6 Å². The highest BCUT2D eigenvalue weighted by Crippen LogP contribution is 2.19. The van der Waals surface area contributed by atoms with Gasteiger partial charge >= 0.3 is 0 Å². The number of aliphatic imine (C=N–C) groups is 1. The fourth-order valence-corrected chi connectivity index (χ4v) is 3.57. The summed E-state index contributed by atoms with van der Waals surface area (Å²) in [7, 11) is 0. The molecule has 0 radical (unpaired) electrons. The van der Waals surface area contributed by atoms with Crippen LogP contribution in [-0.4, -0.2) is 50.9 Å². The lowest BCUT2D eigenvalue weighted by Gasteiger charge is -2.34. The second-order valence-corrected chi connectivity index (χ2v) is 7.16. The van der Waals surface area contributed by atoms with Gasteiger partial charge in [0.1, 0.15) is 11.6 Å². The second kappa shape index (κ2) is 9.34. The first-order chi connectivity index (χ1) is 13.6. The van der Waals surface area contributed by atoms with Gasteiger partial charge in [0.05, 0.1) is 6.54 Å². The Labute approximate surface area is 165 Å². The fourth-order valence-electron chi connectivity index (χ4n) is 3.57. The number of aryl methyl sites for hydroxylation is 1. The first-order valence-corrected chi connectivity index (χ1v) is 9.83. The van der Waals surface area contributed by atoms with Crippen molar-refractivity contribution in [1.29, 1.82) is 0 Å². The lowest BCUT2D eigenvalue weighted by molar-refractivity contribution is -0.119. The molecule has 0 bridgehead atoms. The van der Waals surface area contributed by atoms with Crippen LogP contribution in [0.25, 0.3) is 5.82 Å². The standard InChI is InChI=1S/C20H29N7O/c1-3-22-20(26-9-4-5-16(14-26)11-18(21)28)25-13-17-6-7-19(24-12-17)27-10-8-23-15(27)2/h6-8,10,12,16H,3-5,9,11,13-14H2,1-2H3,(H2,21,28)(H,22,25). The summed E-state index contributed by atoms with van der Waals surface area (Å²) in [6.45, 7) is 7.11. The van der Waals surface area contributed by atoms with Gasteiger partial charge in [0.2, 0.25) is 5.91 Å². The van der Waals surface area contributed by atoms with Crippen LogP contribution >= 0.6 is 0 Å². The van der Waals surface area contributed by atoms with Crippen LogP contribution in [0, 0.1) is 12.8 Å². The molecule has 2 aromatic heterocycles. The van der Waals surface area contributed by atoms with Crippen molar-refractivity contribution >= 4 is 11.9 Å². The van der Waals surface area contributed by atoms with E-state index in [2.05, 4.69) is 27.1 Å². The van der Waals surface area contributed by atoms with Crippen molar-refractivity contribution in [2.24, 2.45) is 16.6 Å². The van der Waals surface area contributed by atoms with Crippen LogP contribution in [0.3, 0.4) is 0 Å². The molecule has 0 saturated carbocycles. The maximum absolute atomic E-state index is 11.3. The van der Waals surface area contributed by atoms with Crippen molar-refractivity contribution in [3.63, 3.8) is 0 Å². The predicted octanol–water partition coefficient (Wildman–Crippen LogP) is 1.63. The molecule has 1 fully saturated rings. The number of carbonyl (C=O) groups is 1.